The van der Waals surface area contributed by atoms with Gasteiger partial charge in [0.05, 0.1) is 17.8 Å². The smallest absolute Gasteiger partial charge is 0.159 e. The second-order valence-electron chi connectivity index (χ2n) is 6.18. The molecule has 0 amide bonds. The standard InChI is InChI=1S/C20H15F2N3OS/c21-14-7-6-13(8-15(14)22)16-11-27-20(24-16)18-17(26)10-25(19(18)23)9-12-4-2-1-3-5-12/h1-8,11,23,26H,9-10H2. The van der Waals surface area contributed by atoms with Crippen LogP contribution in [0, 0.1) is 17.0 Å². The van der Waals surface area contributed by atoms with Crippen molar-refractivity contribution in [3.05, 3.63) is 81.9 Å². The van der Waals surface area contributed by atoms with Gasteiger partial charge in [-0.2, -0.15) is 0 Å². The third-order valence-electron chi connectivity index (χ3n) is 4.33. The highest BCUT2D eigenvalue weighted by molar-refractivity contribution is 7.11. The molecule has 0 unspecified atom stereocenters. The predicted octanol–water partition coefficient (Wildman–Crippen LogP) is 4.85. The summed E-state index contributed by atoms with van der Waals surface area (Å²) in [4.78, 5) is 6.18. The molecule has 0 atom stereocenters. The Morgan fingerprint density at radius 1 is 1.11 bits per heavy atom. The number of nitrogens with one attached hydrogen (secondary N) is 1. The molecule has 3 aromatic rings. The first-order valence-corrected chi connectivity index (χ1v) is 9.12. The van der Waals surface area contributed by atoms with E-state index in [9.17, 15) is 13.9 Å². The van der Waals surface area contributed by atoms with E-state index in [1.54, 1.807) is 10.3 Å². The lowest BCUT2D eigenvalue weighted by Crippen LogP contribution is -2.25. The molecule has 0 aliphatic carbocycles. The molecule has 1 aliphatic heterocycles. The van der Waals surface area contributed by atoms with E-state index in [0.717, 1.165) is 17.7 Å². The van der Waals surface area contributed by atoms with Crippen molar-refractivity contribution >= 4 is 22.7 Å². The third kappa shape index (κ3) is 3.33. The van der Waals surface area contributed by atoms with Crippen molar-refractivity contribution in [3.63, 3.8) is 0 Å². The lowest BCUT2D eigenvalue weighted by molar-refractivity contribution is 0.347. The first-order valence-electron chi connectivity index (χ1n) is 8.24. The Bertz CT molecular complexity index is 1050. The van der Waals surface area contributed by atoms with Crippen molar-refractivity contribution < 1.29 is 13.9 Å². The number of amidine groups is 1. The van der Waals surface area contributed by atoms with Crippen molar-refractivity contribution in [2.24, 2.45) is 0 Å². The molecule has 0 spiro atoms. The molecule has 2 N–H and O–H groups in total. The number of aliphatic hydroxyl groups excluding tert-OH is 1. The quantitative estimate of drug-likeness (QED) is 0.677. The minimum absolute atomic E-state index is 0.0853. The van der Waals surface area contributed by atoms with Gasteiger partial charge in [0.1, 0.15) is 16.6 Å². The van der Waals surface area contributed by atoms with Gasteiger partial charge in [-0.1, -0.05) is 30.3 Å². The van der Waals surface area contributed by atoms with Crippen LogP contribution in [-0.4, -0.2) is 27.4 Å². The summed E-state index contributed by atoms with van der Waals surface area (Å²) in [5.41, 5.74) is 2.34. The average molecular weight is 383 g/mol. The van der Waals surface area contributed by atoms with Gasteiger partial charge < -0.3 is 10.0 Å². The molecule has 4 nitrogen and oxygen atoms in total. The number of hydrogen-bond donors (Lipinski definition) is 2. The zero-order valence-electron chi connectivity index (χ0n) is 14.1. The summed E-state index contributed by atoms with van der Waals surface area (Å²) in [6.07, 6.45) is 0. The van der Waals surface area contributed by atoms with E-state index >= 15 is 0 Å². The lowest BCUT2D eigenvalue weighted by atomic mass is 10.1. The topological polar surface area (TPSA) is 60.2 Å². The van der Waals surface area contributed by atoms with Gasteiger partial charge in [-0.15, -0.1) is 11.3 Å². The maximum atomic E-state index is 13.5. The average Bonchev–Trinajstić information content (AvgIpc) is 3.23. The molecule has 136 valence electrons. The minimum Gasteiger partial charge on any atom is -0.510 e. The van der Waals surface area contributed by atoms with Crippen LogP contribution in [0.3, 0.4) is 0 Å². The van der Waals surface area contributed by atoms with Crippen LogP contribution in [0.15, 0.2) is 59.7 Å². The Hall–Kier alpha value is -3.06. The van der Waals surface area contributed by atoms with Gasteiger partial charge in [-0.05, 0) is 23.8 Å². The summed E-state index contributed by atoms with van der Waals surface area (Å²) in [7, 11) is 0. The third-order valence-corrected chi connectivity index (χ3v) is 5.19. The van der Waals surface area contributed by atoms with Gasteiger partial charge in [0.25, 0.3) is 0 Å². The van der Waals surface area contributed by atoms with E-state index in [4.69, 9.17) is 5.41 Å². The first-order chi connectivity index (χ1) is 13.0. The molecule has 2 heterocycles. The van der Waals surface area contributed by atoms with Crippen LogP contribution in [0.25, 0.3) is 16.8 Å². The zero-order valence-corrected chi connectivity index (χ0v) is 14.9. The van der Waals surface area contributed by atoms with Gasteiger partial charge in [0, 0.05) is 17.5 Å². The highest BCUT2D eigenvalue weighted by Gasteiger charge is 2.30. The number of benzene rings is 2. The largest absolute Gasteiger partial charge is 0.510 e. The zero-order chi connectivity index (χ0) is 19.0. The van der Waals surface area contributed by atoms with E-state index in [2.05, 4.69) is 4.98 Å². The maximum Gasteiger partial charge on any atom is 0.159 e. The number of hydrogen-bond acceptors (Lipinski definition) is 4. The molecule has 2 aromatic carbocycles. The molecule has 0 saturated carbocycles. The maximum absolute atomic E-state index is 13.5. The molecule has 0 saturated heterocycles. The summed E-state index contributed by atoms with van der Waals surface area (Å²) in [5.74, 6) is -1.57. The first kappa shape index (κ1) is 17.4. The Balaban J connectivity index is 1.58. The molecular formula is C20H15F2N3OS. The van der Waals surface area contributed by atoms with Gasteiger partial charge in [-0.25, -0.2) is 13.8 Å². The van der Waals surface area contributed by atoms with Gasteiger partial charge in [0.15, 0.2) is 11.6 Å². The Labute approximate surface area is 158 Å². The van der Waals surface area contributed by atoms with E-state index in [1.807, 2.05) is 30.3 Å². The summed E-state index contributed by atoms with van der Waals surface area (Å²) in [5, 5.41) is 21.0. The number of halogens is 2. The molecule has 0 fully saturated rings. The van der Waals surface area contributed by atoms with Crippen molar-refractivity contribution in [1.82, 2.24) is 9.88 Å². The molecule has 0 bridgehead atoms. The molecular weight excluding hydrogens is 368 g/mol. The van der Waals surface area contributed by atoms with E-state index in [0.29, 0.717) is 28.4 Å². The van der Waals surface area contributed by atoms with Crippen molar-refractivity contribution in [2.45, 2.75) is 6.54 Å². The van der Waals surface area contributed by atoms with E-state index in [-0.39, 0.29) is 18.1 Å². The molecule has 0 radical (unpaired) electrons. The van der Waals surface area contributed by atoms with Crippen LogP contribution in [0.1, 0.15) is 10.6 Å². The van der Waals surface area contributed by atoms with E-state index in [1.165, 1.54) is 17.4 Å². The number of aliphatic hydroxyl groups is 1. The number of aromatic nitrogens is 1. The van der Waals surface area contributed by atoms with Crippen LogP contribution >= 0.6 is 11.3 Å². The van der Waals surface area contributed by atoms with Crippen LogP contribution in [0.4, 0.5) is 8.78 Å². The molecule has 1 aliphatic rings. The van der Waals surface area contributed by atoms with Crippen LogP contribution in [-0.2, 0) is 6.54 Å². The fraction of sp³-hybridized carbons (Fsp3) is 0.100. The second kappa shape index (κ2) is 6.92. The second-order valence-corrected chi connectivity index (χ2v) is 7.04. The normalized spacial score (nSPS) is 14.3. The molecule has 27 heavy (non-hydrogen) atoms. The van der Waals surface area contributed by atoms with Gasteiger partial charge in [-0.3, -0.25) is 5.41 Å². The number of nitrogens with zero attached hydrogens (tertiary/aromatic N) is 2. The fourth-order valence-electron chi connectivity index (χ4n) is 2.97. The molecule has 1 aromatic heterocycles. The van der Waals surface area contributed by atoms with Crippen LogP contribution in [0.2, 0.25) is 0 Å². The SMILES string of the molecule is N=C1C(c2nc(-c3ccc(F)c(F)c3)cs2)=C(O)CN1Cc1ccccc1. The minimum atomic E-state index is -0.938. The summed E-state index contributed by atoms with van der Waals surface area (Å²) in [6.45, 7) is 0.748. The summed E-state index contributed by atoms with van der Waals surface area (Å²) in [6, 6.07) is 13.3. The summed E-state index contributed by atoms with van der Waals surface area (Å²) < 4.78 is 26.6. The Morgan fingerprint density at radius 2 is 1.89 bits per heavy atom. The van der Waals surface area contributed by atoms with Gasteiger partial charge in [0.2, 0.25) is 0 Å². The fourth-order valence-corrected chi connectivity index (χ4v) is 3.87. The lowest BCUT2D eigenvalue weighted by Gasteiger charge is -2.18. The highest BCUT2D eigenvalue weighted by Crippen LogP contribution is 2.33. The van der Waals surface area contributed by atoms with Crippen molar-refractivity contribution in [1.29, 1.82) is 5.41 Å². The monoisotopic (exact) mass is 383 g/mol. The molecule has 7 heteroatoms. The number of thiazole rings is 1. The number of rotatable bonds is 4. The predicted molar refractivity (Wildman–Crippen MR) is 102 cm³/mol. The van der Waals surface area contributed by atoms with Crippen LogP contribution < -0.4 is 0 Å². The van der Waals surface area contributed by atoms with Crippen molar-refractivity contribution in [2.75, 3.05) is 6.54 Å². The summed E-state index contributed by atoms with van der Waals surface area (Å²) >= 11 is 1.25. The van der Waals surface area contributed by atoms with Gasteiger partial charge >= 0.3 is 0 Å². The van der Waals surface area contributed by atoms with Crippen molar-refractivity contribution in [3.8, 4) is 11.3 Å². The van der Waals surface area contributed by atoms with Crippen LogP contribution in [0.5, 0.6) is 0 Å². The van der Waals surface area contributed by atoms with E-state index < -0.39 is 11.6 Å². The molecule has 4 rings (SSSR count). The highest BCUT2D eigenvalue weighted by atomic mass is 32.1. The Morgan fingerprint density at radius 3 is 2.63 bits per heavy atom. The Kier molecular flexibility index (Phi) is 4.45.